The van der Waals surface area contributed by atoms with Gasteiger partial charge in [0.15, 0.2) is 0 Å². The molecule has 1 N–H and O–H groups in total. The first-order valence-electron chi connectivity index (χ1n) is 15.1. The molecule has 3 aromatic carbocycles. The molecule has 0 spiro atoms. The lowest BCUT2D eigenvalue weighted by Crippen LogP contribution is -2.25. The fourth-order valence-electron chi connectivity index (χ4n) is 4.97. The average Bonchev–Trinajstić information content (AvgIpc) is 2.98. The molecule has 0 heterocycles. The summed E-state index contributed by atoms with van der Waals surface area (Å²) in [5.74, 6) is -1.76. The van der Waals surface area contributed by atoms with Crippen LogP contribution >= 0.6 is 0 Å². The van der Waals surface area contributed by atoms with Crippen molar-refractivity contribution in [3.63, 3.8) is 0 Å². The van der Waals surface area contributed by atoms with Crippen molar-refractivity contribution in [1.82, 2.24) is 0 Å². The Balaban J connectivity index is 1.68. The van der Waals surface area contributed by atoms with Crippen molar-refractivity contribution in [3.8, 4) is 33.8 Å². The molecule has 0 saturated carbocycles. The van der Waals surface area contributed by atoms with Gasteiger partial charge in [0.1, 0.15) is 17.1 Å². The second kappa shape index (κ2) is 16.8. The van der Waals surface area contributed by atoms with Gasteiger partial charge in [-0.2, -0.15) is 13.2 Å². The quantitative estimate of drug-likeness (QED) is 0.151. The smallest absolute Gasteiger partial charge is 0.391 e. The zero-order chi connectivity index (χ0) is 30.4. The van der Waals surface area contributed by atoms with Crippen LogP contribution in [-0.4, -0.2) is 30.5 Å². The monoisotopic (exact) mass is 584 g/mol. The van der Waals surface area contributed by atoms with E-state index in [1.807, 2.05) is 55.5 Å². The fourth-order valence-corrected chi connectivity index (χ4v) is 4.97. The third-order valence-corrected chi connectivity index (χ3v) is 7.48. The van der Waals surface area contributed by atoms with Crippen LogP contribution < -0.4 is 9.47 Å². The lowest BCUT2D eigenvalue weighted by atomic mass is 9.97. The van der Waals surface area contributed by atoms with Crippen LogP contribution in [0.5, 0.6) is 11.5 Å². The number of unbranched alkanes of at least 4 members (excludes halogenated alkanes) is 6. The van der Waals surface area contributed by atoms with E-state index in [0.29, 0.717) is 30.6 Å². The fraction of sp³-hybridized carbons (Fsp3) is 0.457. The first-order chi connectivity index (χ1) is 20.2. The molecule has 3 aromatic rings. The molecule has 42 heavy (non-hydrogen) atoms. The molecule has 1 atom stereocenters. The predicted octanol–water partition coefficient (Wildman–Crippen LogP) is 10.6. The summed E-state index contributed by atoms with van der Waals surface area (Å²) in [6, 6.07) is 20.3. The van der Waals surface area contributed by atoms with Crippen LogP contribution in [0.15, 0.2) is 66.7 Å². The highest BCUT2D eigenvalue weighted by atomic mass is 19.4. The zero-order valence-electron chi connectivity index (χ0n) is 24.7. The third-order valence-electron chi connectivity index (χ3n) is 7.48. The van der Waals surface area contributed by atoms with E-state index in [2.05, 4.69) is 6.92 Å². The lowest BCUT2D eigenvalue weighted by molar-refractivity contribution is -0.179. The first kappa shape index (κ1) is 33.0. The van der Waals surface area contributed by atoms with Gasteiger partial charge < -0.3 is 14.6 Å². The summed E-state index contributed by atoms with van der Waals surface area (Å²) < 4.78 is 52.1. The van der Waals surface area contributed by atoms with Crippen molar-refractivity contribution in [2.75, 3.05) is 13.2 Å². The molecule has 0 aliphatic carbocycles. The molecular weight excluding hydrogens is 541 g/mol. The maximum Gasteiger partial charge on any atom is 0.391 e. The first-order valence-corrected chi connectivity index (χ1v) is 15.1. The number of para-hydroxylation sites is 1. The number of hydrogen-bond acceptors (Lipinski definition) is 3. The Kier molecular flexibility index (Phi) is 13.2. The highest BCUT2D eigenvalue weighted by Crippen LogP contribution is 2.37. The van der Waals surface area contributed by atoms with E-state index < -0.39 is 18.1 Å². The summed E-state index contributed by atoms with van der Waals surface area (Å²) in [4.78, 5) is 11.9. The number of rotatable bonds is 18. The van der Waals surface area contributed by atoms with Gasteiger partial charge in [0.25, 0.3) is 0 Å². The molecule has 0 aliphatic heterocycles. The van der Waals surface area contributed by atoms with Crippen molar-refractivity contribution in [2.24, 2.45) is 5.92 Å². The van der Waals surface area contributed by atoms with Crippen molar-refractivity contribution in [3.05, 3.63) is 72.3 Å². The topological polar surface area (TPSA) is 55.8 Å². The number of carboxylic acids is 1. The van der Waals surface area contributed by atoms with Gasteiger partial charge in [-0.05, 0) is 54.2 Å². The lowest BCUT2D eigenvalue weighted by Gasteiger charge is -2.21. The van der Waals surface area contributed by atoms with Crippen LogP contribution in [0.3, 0.4) is 0 Å². The van der Waals surface area contributed by atoms with Crippen LogP contribution in [0.25, 0.3) is 22.3 Å². The van der Waals surface area contributed by atoms with E-state index >= 15 is 0 Å². The molecule has 7 heteroatoms. The molecule has 0 aliphatic rings. The van der Waals surface area contributed by atoms with Crippen molar-refractivity contribution < 1.29 is 32.5 Å². The second-order valence-electron chi connectivity index (χ2n) is 10.7. The SMILES string of the molecule is CCCCCCCCOc1ccc(-c2ccc(-c3cccc(C(=O)O)c3OCCC(CCCC)C(F)(F)F)cc2)cc1. The molecule has 4 nitrogen and oxygen atoms in total. The number of hydrogen-bond donors (Lipinski definition) is 1. The Morgan fingerprint density at radius 3 is 1.93 bits per heavy atom. The minimum Gasteiger partial charge on any atom is -0.494 e. The summed E-state index contributed by atoms with van der Waals surface area (Å²) in [6.07, 6.45) is 3.92. The van der Waals surface area contributed by atoms with E-state index in [1.54, 1.807) is 12.1 Å². The molecule has 1 unspecified atom stereocenters. The molecule has 0 aromatic heterocycles. The van der Waals surface area contributed by atoms with Gasteiger partial charge in [0.2, 0.25) is 0 Å². The average molecular weight is 585 g/mol. The minimum atomic E-state index is -4.32. The summed E-state index contributed by atoms with van der Waals surface area (Å²) in [5.41, 5.74) is 3.15. The largest absolute Gasteiger partial charge is 0.494 e. The van der Waals surface area contributed by atoms with E-state index in [0.717, 1.165) is 23.3 Å². The standard InChI is InChI=1S/C35H43F3O4/c1-3-5-7-8-9-10-24-41-30-21-19-27(20-22-30)26-15-17-28(18-16-26)31-13-11-14-32(34(39)40)33(31)42-25-23-29(12-6-4-2)35(36,37)38/h11,13-22,29H,3-10,12,23-25H2,1-2H3,(H,39,40). The van der Waals surface area contributed by atoms with E-state index in [4.69, 9.17) is 9.47 Å². The summed E-state index contributed by atoms with van der Waals surface area (Å²) >= 11 is 0. The maximum absolute atomic E-state index is 13.5. The number of halogens is 3. The number of carbonyl (C=O) groups is 1. The van der Waals surface area contributed by atoms with Gasteiger partial charge in [0.05, 0.1) is 19.1 Å². The molecule has 228 valence electrons. The Morgan fingerprint density at radius 1 is 0.714 bits per heavy atom. The molecule has 3 rings (SSSR count). The Morgan fingerprint density at radius 2 is 1.31 bits per heavy atom. The Labute approximate surface area is 247 Å². The molecule has 0 fully saturated rings. The van der Waals surface area contributed by atoms with E-state index in [1.165, 1.54) is 38.2 Å². The van der Waals surface area contributed by atoms with Crippen molar-refractivity contribution in [1.29, 1.82) is 0 Å². The highest BCUT2D eigenvalue weighted by Gasteiger charge is 2.38. The van der Waals surface area contributed by atoms with Gasteiger partial charge in [0, 0.05) is 5.56 Å². The summed E-state index contributed by atoms with van der Waals surface area (Å²) in [5, 5.41) is 9.75. The van der Waals surface area contributed by atoms with Crippen LogP contribution in [0.4, 0.5) is 13.2 Å². The predicted molar refractivity (Wildman–Crippen MR) is 162 cm³/mol. The molecule has 0 bridgehead atoms. The Bertz CT molecular complexity index is 1220. The van der Waals surface area contributed by atoms with Crippen molar-refractivity contribution >= 4 is 5.97 Å². The van der Waals surface area contributed by atoms with E-state index in [9.17, 15) is 23.1 Å². The number of benzene rings is 3. The zero-order valence-corrected chi connectivity index (χ0v) is 24.7. The normalized spacial score (nSPS) is 12.2. The summed E-state index contributed by atoms with van der Waals surface area (Å²) in [7, 11) is 0. The minimum absolute atomic E-state index is 0.0322. The van der Waals surface area contributed by atoms with Crippen LogP contribution in [0.1, 0.15) is 88.4 Å². The maximum atomic E-state index is 13.5. The molecular formula is C35H43F3O4. The van der Waals surface area contributed by atoms with Gasteiger partial charge in [-0.1, -0.05) is 107 Å². The number of ether oxygens (including phenoxy) is 2. The van der Waals surface area contributed by atoms with Crippen LogP contribution in [0.2, 0.25) is 0 Å². The van der Waals surface area contributed by atoms with Gasteiger partial charge in [-0.25, -0.2) is 4.79 Å². The molecule has 0 radical (unpaired) electrons. The van der Waals surface area contributed by atoms with Crippen LogP contribution in [-0.2, 0) is 0 Å². The highest BCUT2D eigenvalue weighted by molar-refractivity contribution is 5.94. The van der Waals surface area contributed by atoms with Crippen LogP contribution in [0, 0.1) is 5.92 Å². The van der Waals surface area contributed by atoms with Gasteiger partial charge >= 0.3 is 12.1 Å². The number of carboxylic acid groups (broad SMARTS) is 1. The Hall–Kier alpha value is -3.48. The van der Waals surface area contributed by atoms with Crippen molar-refractivity contribution in [2.45, 2.75) is 84.2 Å². The van der Waals surface area contributed by atoms with Gasteiger partial charge in [-0.15, -0.1) is 0 Å². The number of aromatic carboxylic acids is 1. The number of alkyl halides is 3. The van der Waals surface area contributed by atoms with Gasteiger partial charge in [-0.3, -0.25) is 0 Å². The molecule has 0 amide bonds. The third kappa shape index (κ3) is 10.1. The van der Waals surface area contributed by atoms with E-state index in [-0.39, 0.29) is 30.8 Å². The summed E-state index contributed by atoms with van der Waals surface area (Å²) in [6.45, 7) is 4.54. The molecule has 0 saturated heterocycles. The second-order valence-corrected chi connectivity index (χ2v) is 10.7.